The Labute approximate surface area is 116 Å². The Balaban J connectivity index is 2.33. The van der Waals surface area contributed by atoms with Gasteiger partial charge in [-0.2, -0.15) is 0 Å². The SMILES string of the molecule is CCc1ccc(C(N)c2ccc(C)cc2)cc1CC. The van der Waals surface area contributed by atoms with E-state index in [1.54, 1.807) is 0 Å². The molecule has 0 saturated carbocycles. The summed E-state index contributed by atoms with van der Waals surface area (Å²) < 4.78 is 0. The lowest BCUT2D eigenvalue weighted by molar-refractivity contribution is 0.862. The molecule has 1 atom stereocenters. The van der Waals surface area contributed by atoms with E-state index in [0.717, 1.165) is 12.8 Å². The molecule has 1 heteroatoms. The first-order valence-electron chi connectivity index (χ1n) is 7.09. The highest BCUT2D eigenvalue weighted by atomic mass is 14.6. The third-order valence-corrected chi connectivity index (χ3v) is 3.79. The first-order chi connectivity index (χ1) is 9.15. The average molecular weight is 253 g/mol. The van der Waals surface area contributed by atoms with Gasteiger partial charge in [0.2, 0.25) is 0 Å². The number of hydrogen-bond donors (Lipinski definition) is 1. The van der Waals surface area contributed by atoms with E-state index in [0.29, 0.717) is 0 Å². The Bertz CT molecular complexity index is 540. The van der Waals surface area contributed by atoms with E-state index >= 15 is 0 Å². The van der Waals surface area contributed by atoms with Crippen LogP contribution in [0.1, 0.15) is 47.7 Å². The summed E-state index contributed by atoms with van der Waals surface area (Å²) in [6, 6.07) is 15.1. The van der Waals surface area contributed by atoms with Crippen LogP contribution in [-0.4, -0.2) is 0 Å². The summed E-state index contributed by atoms with van der Waals surface area (Å²) in [6.07, 6.45) is 2.15. The van der Waals surface area contributed by atoms with Crippen LogP contribution in [0.15, 0.2) is 42.5 Å². The van der Waals surface area contributed by atoms with Crippen LogP contribution in [0.4, 0.5) is 0 Å². The zero-order valence-corrected chi connectivity index (χ0v) is 12.1. The summed E-state index contributed by atoms with van der Waals surface area (Å²) in [4.78, 5) is 0. The van der Waals surface area contributed by atoms with Crippen LogP contribution in [0, 0.1) is 6.92 Å². The zero-order valence-electron chi connectivity index (χ0n) is 12.1. The molecule has 19 heavy (non-hydrogen) atoms. The molecule has 100 valence electrons. The average Bonchev–Trinajstić information content (AvgIpc) is 2.46. The molecule has 2 aromatic rings. The third-order valence-electron chi connectivity index (χ3n) is 3.79. The number of rotatable bonds is 4. The summed E-state index contributed by atoms with van der Waals surface area (Å²) in [7, 11) is 0. The van der Waals surface area contributed by atoms with Gasteiger partial charge in [0.25, 0.3) is 0 Å². The molecular weight excluding hydrogens is 230 g/mol. The van der Waals surface area contributed by atoms with E-state index < -0.39 is 0 Å². The minimum atomic E-state index is -0.0307. The van der Waals surface area contributed by atoms with Crippen LogP contribution >= 0.6 is 0 Å². The quantitative estimate of drug-likeness (QED) is 0.869. The zero-order chi connectivity index (χ0) is 13.8. The van der Waals surface area contributed by atoms with Gasteiger partial charge in [-0.1, -0.05) is 61.9 Å². The summed E-state index contributed by atoms with van der Waals surface area (Å²) in [5, 5.41) is 0. The van der Waals surface area contributed by atoms with E-state index in [-0.39, 0.29) is 6.04 Å². The van der Waals surface area contributed by atoms with Crippen LogP contribution in [0.25, 0.3) is 0 Å². The molecule has 0 spiro atoms. The van der Waals surface area contributed by atoms with Gasteiger partial charge in [-0.3, -0.25) is 0 Å². The minimum absolute atomic E-state index is 0.0307. The lowest BCUT2D eigenvalue weighted by atomic mass is 9.93. The molecule has 1 nitrogen and oxygen atoms in total. The predicted octanol–water partition coefficient (Wildman–Crippen LogP) is 4.17. The van der Waals surface area contributed by atoms with Gasteiger partial charge >= 0.3 is 0 Å². The van der Waals surface area contributed by atoms with Gasteiger partial charge in [0.1, 0.15) is 0 Å². The largest absolute Gasteiger partial charge is 0.320 e. The highest BCUT2D eigenvalue weighted by Gasteiger charge is 2.10. The van der Waals surface area contributed by atoms with E-state index in [9.17, 15) is 0 Å². The highest BCUT2D eigenvalue weighted by Crippen LogP contribution is 2.23. The lowest BCUT2D eigenvalue weighted by Crippen LogP contribution is -2.12. The number of benzene rings is 2. The molecule has 2 rings (SSSR count). The standard InChI is InChI=1S/C18H23N/c1-4-14-10-11-17(12-15(14)5-2)18(19)16-8-6-13(3)7-9-16/h6-12,18H,4-5,19H2,1-3H3. The summed E-state index contributed by atoms with van der Waals surface area (Å²) >= 11 is 0. The van der Waals surface area contributed by atoms with Crippen LogP contribution in [0.3, 0.4) is 0 Å². The van der Waals surface area contributed by atoms with E-state index in [1.807, 2.05) is 0 Å². The molecular formula is C18H23N. The van der Waals surface area contributed by atoms with Crippen molar-refractivity contribution >= 4 is 0 Å². The Morgan fingerprint density at radius 1 is 0.842 bits per heavy atom. The van der Waals surface area contributed by atoms with Gasteiger partial charge in [0, 0.05) is 0 Å². The lowest BCUT2D eigenvalue weighted by Gasteiger charge is -2.16. The molecule has 2 aromatic carbocycles. The van der Waals surface area contributed by atoms with Crippen LogP contribution < -0.4 is 5.73 Å². The molecule has 0 amide bonds. The second-order valence-electron chi connectivity index (χ2n) is 5.12. The van der Waals surface area contributed by atoms with Crippen molar-refractivity contribution in [3.8, 4) is 0 Å². The maximum absolute atomic E-state index is 6.38. The van der Waals surface area contributed by atoms with Crippen molar-refractivity contribution in [2.75, 3.05) is 0 Å². The van der Waals surface area contributed by atoms with Crippen molar-refractivity contribution in [1.82, 2.24) is 0 Å². The Kier molecular flexibility index (Phi) is 4.39. The molecule has 0 aliphatic rings. The van der Waals surface area contributed by atoms with E-state index in [1.165, 1.54) is 27.8 Å². The van der Waals surface area contributed by atoms with Crippen molar-refractivity contribution in [3.63, 3.8) is 0 Å². The van der Waals surface area contributed by atoms with Crippen molar-refractivity contribution in [1.29, 1.82) is 0 Å². The fraction of sp³-hybridized carbons (Fsp3) is 0.333. The van der Waals surface area contributed by atoms with Gasteiger partial charge in [0.05, 0.1) is 6.04 Å². The Hall–Kier alpha value is -1.60. The molecule has 0 aliphatic carbocycles. The third kappa shape index (κ3) is 3.05. The van der Waals surface area contributed by atoms with Gasteiger partial charge in [0.15, 0.2) is 0 Å². The Morgan fingerprint density at radius 3 is 2.00 bits per heavy atom. The van der Waals surface area contributed by atoms with Gasteiger partial charge in [-0.25, -0.2) is 0 Å². The van der Waals surface area contributed by atoms with Crippen molar-refractivity contribution in [3.05, 3.63) is 70.3 Å². The molecule has 0 saturated heterocycles. The highest BCUT2D eigenvalue weighted by molar-refractivity contribution is 5.38. The molecule has 2 N–H and O–H groups in total. The normalized spacial score (nSPS) is 12.4. The smallest absolute Gasteiger partial charge is 0.0551 e. The maximum atomic E-state index is 6.38. The maximum Gasteiger partial charge on any atom is 0.0551 e. The fourth-order valence-electron chi connectivity index (χ4n) is 2.48. The molecule has 0 aliphatic heterocycles. The van der Waals surface area contributed by atoms with Crippen molar-refractivity contribution in [2.24, 2.45) is 5.73 Å². The summed E-state index contributed by atoms with van der Waals surface area (Å²) in [5.41, 5.74) is 12.9. The van der Waals surface area contributed by atoms with Crippen LogP contribution in [-0.2, 0) is 12.8 Å². The minimum Gasteiger partial charge on any atom is -0.320 e. The van der Waals surface area contributed by atoms with Crippen LogP contribution in [0.5, 0.6) is 0 Å². The topological polar surface area (TPSA) is 26.0 Å². The van der Waals surface area contributed by atoms with Crippen molar-refractivity contribution in [2.45, 2.75) is 39.7 Å². The molecule has 0 fully saturated rings. The molecule has 0 heterocycles. The number of aryl methyl sites for hydroxylation is 3. The van der Waals surface area contributed by atoms with E-state index in [4.69, 9.17) is 5.73 Å². The second-order valence-corrected chi connectivity index (χ2v) is 5.12. The first-order valence-corrected chi connectivity index (χ1v) is 7.09. The molecule has 0 bridgehead atoms. The van der Waals surface area contributed by atoms with E-state index in [2.05, 4.69) is 63.2 Å². The van der Waals surface area contributed by atoms with Gasteiger partial charge < -0.3 is 5.73 Å². The summed E-state index contributed by atoms with van der Waals surface area (Å²) in [5.74, 6) is 0. The van der Waals surface area contributed by atoms with Gasteiger partial charge in [-0.15, -0.1) is 0 Å². The second kappa shape index (κ2) is 6.03. The van der Waals surface area contributed by atoms with Crippen LogP contribution in [0.2, 0.25) is 0 Å². The number of hydrogen-bond acceptors (Lipinski definition) is 1. The van der Waals surface area contributed by atoms with Crippen molar-refractivity contribution < 1.29 is 0 Å². The molecule has 0 aromatic heterocycles. The number of nitrogens with two attached hydrogens (primary N) is 1. The monoisotopic (exact) mass is 253 g/mol. The Morgan fingerprint density at radius 2 is 1.42 bits per heavy atom. The predicted molar refractivity (Wildman–Crippen MR) is 82.4 cm³/mol. The van der Waals surface area contributed by atoms with Gasteiger partial charge in [-0.05, 0) is 42.0 Å². The summed E-state index contributed by atoms with van der Waals surface area (Å²) in [6.45, 7) is 6.50. The fourth-order valence-corrected chi connectivity index (χ4v) is 2.48. The molecule has 1 unspecified atom stereocenters. The first kappa shape index (κ1) is 13.8. The molecule has 0 radical (unpaired) electrons.